The van der Waals surface area contributed by atoms with E-state index in [0.717, 1.165) is 54.2 Å². The highest BCUT2D eigenvalue weighted by atomic mass is 35.5. The van der Waals surface area contributed by atoms with Gasteiger partial charge in [-0.1, -0.05) is 23.7 Å². The van der Waals surface area contributed by atoms with E-state index in [4.69, 9.17) is 35.5 Å². The number of fused-ring (bicyclic) bond motifs is 2. The number of aryl methyl sites for hydroxylation is 1. The van der Waals surface area contributed by atoms with Crippen LogP contribution < -0.4 is 9.64 Å². The monoisotopic (exact) mass is 471 g/mol. The number of morpholine rings is 1. The average Bonchev–Trinajstić information content (AvgIpc) is 3.54. The van der Waals surface area contributed by atoms with Crippen LogP contribution in [0.4, 0.5) is 5.69 Å². The number of aromatic amines is 1. The number of rotatable bonds is 4. The molecule has 0 saturated carbocycles. The first kappa shape index (κ1) is 21.2. The molecule has 0 aliphatic carbocycles. The lowest BCUT2D eigenvalue weighted by molar-refractivity contribution is 0.00794. The van der Waals surface area contributed by atoms with Gasteiger partial charge >= 0.3 is 0 Å². The summed E-state index contributed by atoms with van der Waals surface area (Å²) >= 11 is 6.75. The predicted molar refractivity (Wildman–Crippen MR) is 124 cm³/mol. The largest absolute Gasteiger partial charge is 0.470 e. The summed E-state index contributed by atoms with van der Waals surface area (Å²) < 4.78 is 22.9. The van der Waals surface area contributed by atoms with Crippen molar-refractivity contribution in [2.24, 2.45) is 0 Å². The van der Waals surface area contributed by atoms with E-state index in [1.165, 1.54) is 5.69 Å². The molecule has 0 amide bonds. The zero-order valence-electron chi connectivity index (χ0n) is 18.3. The van der Waals surface area contributed by atoms with E-state index in [-0.39, 0.29) is 24.9 Å². The molecular weight excluding hydrogens is 446 g/mol. The number of hydrogen-bond donors (Lipinski definition) is 2. The molecule has 0 bridgehead atoms. The number of aliphatic hydroxyl groups is 1. The molecule has 3 aliphatic heterocycles. The molecular formula is C24H26ClN3O5. The maximum atomic E-state index is 9.95. The summed E-state index contributed by atoms with van der Waals surface area (Å²) in [5.41, 5.74) is 5.41. The highest BCUT2D eigenvalue weighted by molar-refractivity contribution is 6.34. The van der Waals surface area contributed by atoms with Crippen molar-refractivity contribution in [3.63, 3.8) is 0 Å². The minimum atomic E-state index is -0.605. The quantitative estimate of drug-likeness (QED) is 0.604. The summed E-state index contributed by atoms with van der Waals surface area (Å²) in [5.74, 6) is 0.579. The zero-order valence-corrected chi connectivity index (χ0v) is 19.0. The van der Waals surface area contributed by atoms with Gasteiger partial charge < -0.3 is 33.9 Å². The third-order valence-corrected chi connectivity index (χ3v) is 7.16. The number of halogens is 1. The number of benzene rings is 1. The van der Waals surface area contributed by atoms with Gasteiger partial charge in [0.15, 0.2) is 12.0 Å². The Bertz CT molecular complexity index is 1160. The van der Waals surface area contributed by atoms with E-state index in [1.807, 2.05) is 13.0 Å². The van der Waals surface area contributed by atoms with Crippen LogP contribution in [0.25, 0.3) is 22.3 Å². The van der Waals surface area contributed by atoms with Crippen LogP contribution in [0.15, 0.2) is 30.3 Å². The lowest BCUT2D eigenvalue weighted by Gasteiger charge is -2.28. The van der Waals surface area contributed by atoms with Crippen molar-refractivity contribution < 1.29 is 24.1 Å². The fourth-order valence-corrected chi connectivity index (χ4v) is 5.11. The number of aliphatic hydroxyl groups excluding tert-OH is 1. The van der Waals surface area contributed by atoms with E-state index in [1.54, 1.807) is 0 Å². The van der Waals surface area contributed by atoms with Gasteiger partial charge in [-0.05, 0) is 24.6 Å². The number of H-pyrrole nitrogens is 1. The molecule has 3 aromatic rings. The smallest absolute Gasteiger partial charge is 0.193 e. The molecule has 2 aromatic heterocycles. The van der Waals surface area contributed by atoms with Crippen LogP contribution in [0.5, 0.6) is 5.88 Å². The average molecular weight is 472 g/mol. The minimum absolute atomic E-state index is 0.270. The van der Waals surface area contributed by atoms with Crippen molar-refractivity contribution in [1.82, 2.24) is 9.97 Å². The SMILES string of the molecule is Cc1c(Cl)c(-c2ccc(N3CCOCC3)cc2)nc2cc(O[C@@H]3COC4[C@H](O)CO[C@@H]43)[nH]c12. The number of hydrogen-bond acceptors (Lipinski definition) is 7. The first-order valence-corrected chi connectivity index (χ1v) is 11.7. The maximum Gasteiger partial charge on any atom is 0.193 e. The summed E-state index contributed by atoms with van der Waals surface area (Å²) in [7, 11) is 0. The predicted octanol–water partition coefficient (Wildman–Crippen LogP) is 2.93. The van der Waals surface area contributed by atoms with Gasteiger partial charge in [0.1, 0.15) is 18.3 Å². The maximum absolute atomic E-state index is 9.95. The summed E-state index contributed by atoms with van der Waals surface area (Å²) in [6, 6.07) is 10.2. The number of nitrogens with one attached hydrogen (secondary N) is 1. The highest BCUT2D eigenvalue weighted by Gasteiger charge is 2.48. The standard InChI is InChI=1S/C24H26ClN3O5/c1-13-20(25)22(14-2-4-15(5-3-14)28-6-8-30-9-7-28)26-16-10-19(27-21(13)16)33-18-12-32-23-17(29)11-31-24(18)23/h2-5,10,17-18,23-24,27,29H,6-9,11-12H2,1H3/t17-,18-,23?,24-/m1/s1. The first-order chi connectivity index (χ1) is 16.1. The molecule has 1 unspecified atom stereocenters. The van der Waals surface area contributed by atoms with Crippen molar-refractivity contribution in [1.29, 1.82) is 0 Å². The Labute approximate surface area is 196 Å². The van der Waals surface area contributed by atoms with Crippen molar-refractivity contribution >= 4 is 28.3 Å². The lowest BCUT2D eigenvalue weighted by Crippen LogP contribution is -2.36. The van der Waals surface area contributed by atoms with Gasteiger partial charge in [-0.3, -0.25) is 0 Å². The minimum Gasteiger partial charge on any atom is -0.470 e. The van der Waals surface area contributed by atoms with E-state index in [9.17, 15) is 5.11 Å². The Kier molecular flexibility index (Phi) is 5.43. The van der Waals surface area contributed by atoms with Crippen molar-refractivity contribution in [3.05, 3.63) is 40.9 Å². The molecule has 174 valence electrons. The molecule has 6 rings (SSSR count). The molecule has 5 heterocycles. The van der Waals surface area contributed by atoms with Crippen LogP contribution in [0.2, 0.25) is 5.02 Å². The normalized spacial score (nSPS) is 27.3. The van der Waals surface area contributed by atoms with Crippen molar-refractivity contribution in [2.75, 3.05) is 44.4 Å². The second-order valence-electron chi connectivity index (χ2n) is 8.76. The molecule has 0 spiro atoms. The number of pyridine rings is 1. The molecule has 0 radical (unpaired) electrons. The number of anilines is 1. The fourth-order valence-electron chi connectivity index (χ4n) is 4.87. The number of aromatic nitrogens is 2. The first-order valence-electron chi connectivity index (χ1n) is 11.3. The van der Waals surface area contributed by atoms with Crippen LogP contribution in [-0.4, -0.2) is 79.0 Å². The zero-order chi connectivity index (χ0) is 22.5. The van der Waals surface area contributed by atoms with Gasteiger partial charge in [0.05, 0.1) is 48.2 Å². The molecule has 3 aliphatic rings. The Hall–Kier alpha value is -2.36. The van der Waals surface area contributed by atoms with E-state index < -0.39 is 6.10 Å². The third-order valence-electron chi connectivity index (χ3n) is 6.69. The Morgan fingerprint density at radius 2 is 1.88 bits per heavy atom. The molecule has 2 N–H and O–H groups in total. The Morgan fingerprint density at radius 1 is 1.12 bits per heavy atom. The van der Waals surface area contributed by atoms with Crippen LogP contribution in [0.3, 0.4) is 0 Å². The van der Waals surface area contributed by atoms with Crippen LogP contribution >= 0.6 is 11.6 Å². The number of nitrogens with zero attached hydrogens (tertiary/aromatic N) is 2. The molecule has 9 heteroatoms. The molecule has 33 heavy (non-hydrogen) atoms. The van der Waals surface area contributed by atoms with Gasteiger partial charge in [0, 0.05) is 30.4 Å². The van der Waals surface area contributed by atoms with Gasteiger partial charge in [-0.2, -0.15) is 0 Å². The van der Waals surface area contributed by atoms with Crippen LogP contribution in [0, 0.1) is 6.92 Å². The van der Waals surface area contributed by atoms with Crippen LogP contribution in [0.1, 0.15) is 5.56 Å². The topological polar surface area (TPSA) is 89.1 Å². The highest BCUT2D eigenvalue weighted by Crippen LogP contribution is 2.36. The van der Waals surface area contributed by atoms with Crippen LogP contribution in [-0.2, 0) is 14.2 Å². The second kappa shape index (κ2) is 8.45. The summed E-state index contributed by atoms with van der Waals surface area (Å²) in [4.78, 5) is 10.5. The lowest BCUT2D eigenvalue weighted by atomic mass is 10.1. The molecule has 8 nitrogen and oxygen atoms in total. The molecule has 1 aromatic carbocycles. The van der Waals surface area contributed by atoms with Crippen molar-refractivity contribution in [3.8, 4) is 17.1 Å². The van der Waals surface area contributed by atoms with E-state index >= 15 is 0 Å². The summed E-state index contributed by atoms with van der Waals surface area (Å²) in [6.45, 7) is 5.92. The van der Waals surface area contributed by atoms with E-state index in [0.29, 0.717) is 17.5 Å². The van der Waals surface area contributed by atoms with Gasteiger partial charge in [0.2, 0.25) is 0 Å². The number of ether oxygens (including phenoxy) is 4. The van der Waals surface area contributed by atoms with E-state index in [2.05, 4.69) is 34.1 Å². The van der Waals surface area contributed by atoms with Crippen molar-refractivity contribution in [2.45, 2.75) is 31.3 Å². The second-order valence-corrected chi connectivity index (χ2v) is 9.14. The molecule has 4 atom stereocenters. The molecule has 3 fully saturated rings. The van der Waals surface area contributed by atoms with Gasteiger partial charge in [-0.25, -0.2) is 4.98 Å². The van der Waals surface area contributed by atoms with Gasteiger partial charge in [-0.15, -0.1) is 0 Å². The third kappa shape index (κ3) is 3.76. The summed E-state index contributed by atoms with van der Waals surface area (Å²) in [5, 5.41) is 10.6. The Balaban J connectivity index is 1.27. The van der Waals surface area contributed by atoms with Gasteiger partial charge in [0.25, 0.3) is 0 Å². The fraction of sp³-hybridized carbons (Fsp3) is 0.458. The Morgan fingerprint density at radius 3 is 2.67 bits per heavy atom. The summed E-state index contributed by atoms with van der Waals surface area (Å²) in [6.07, 6.45) is -1.50. The molecule has 3 saturated heterocycles.